The Balaban J connectivity index is 1.87. The van der Waals surface area contributed by atoms with Crippen molar-refractivity contribution in [3.05, 3.63) is 23.8 Å². The summed E-state index contributed by atoms with van der Waals surface area (Å²) in [6.07, 6.45) is 7.65. The molecule has 0 heterocycles. The lowest BCUT2D eigenvalue weighted by Gasteiger charge is -2.15. The van der Waals surface area contributed by atoms with E-state index in [1.807, 2.05) is 12.1 Å². The maximum atomic E-state index is 6.01. The number of rotatable bonds is 11. The third kappa shape index (κ3) is 5.58. The molecule has 3 nitrogen and oxygen atoms in total. The molecule has 0 spiro atoms. The molecule has 1 aliphatic rings. The third-order valence-corrected chi connectivity index (χ3v) is 3.97. The highest BCUT2D eigenvalue weighted by molar-refractivity contribution is 5.46. The van der Waals surface area contributed by atoms with E-state index in [9.17, 15) is 0 Å². The van der Waals surface area contributed by atoms with Crippen molar-refractivity contribution < 1.29 is 9.47 Å². The van der Waals surface area contributed by atoms with E-state index in [-0.39, 0.29) is 0 Å². The first-order chi connectivity index (χ1) is 10.3. The van der Waals surface area contributed by atoms with Gasteiger partial charge in [0.1, 0.15) is 0 Å². The van der Waals surface area contributed by atoms with Gasteiger partial charge in [0, 0.05) is 12.1 Å². The van der Waals surface area contributed by atoms with E-state index in [2.05, 4.69) is 18.3 Å². The zero-order valence-corrected chi connectivity index (χ0v) is 13.5. The summed E-state index contributed by atoms with van der Waals surface area (Å²) in [7, 11) is 1.71. The van der Waals surface area contributed by atoms with Gasteiger partial charge < -0.3 is 14.8 Å². The fourth-order valence-electron chi connectivity index (χ4n) is 2.46. The molecule has 0 aromatic heterocycles. The number of para-hydroxylation sites is 1. The van der Waals surface area contributed by atoms with Gasteiger partial charge in [-0.2, -0.15) is 0 Å². The first-order valence-electron chi connectivity index (χ1n) is 8.34. The molecule has 0 amide bonds. The zero-order valence-electron chi connectivity index (χ0n) is 13.5. The Morgan fingerprint density at radius 3 is 2.76 bits per heavy atom. The van der Waals surface area contributed by atoms with Gasteiger partial charge in [-0.25, -0.2) is 0 Å². The van der Waals surface area contributed by atoms with E-state index in [0.717, 1.165) is 43.5 Å². The Bertz CT molecular complexity index is 416. The molecule has 1 fully saturated rings. The molecule has 1 aromatic rings. The minimum atomic E-state index is 0.774. The maximum Gasteiger partial charge on any atom is 0.165 e. The molecule has 1 N–H and O–H groups in total. The lowest BCUT2D eigenvalue weighted by Crippen LogP contribution is -2.17. The molecule has 0 unspecified atom stereocenters. The summed E-state index contributed by atoms with van der Waals surface area (Å²) in [4.78, 5) is 0. The second kappa shape index (κ2) is 8.93. The van der Waals surface area contributed by atoms with Crippen LogP contribution in [-0.4, -0.2) is 20.3 Å². The summed E-state index contributed by atoms with van der Waals surface area (Å²) in [6, 6.07) is 6.15. The standard InChI is InChI=1S/C18H29NO2/c1-3-4-5-6-12-21-18-16(8-7-9-17(18)20-2)14-19-13-15-10-11-15/h7-9,15,19H,3-6,10-14H2,1-2H3. The molecule has 0 aliphatic heterocycles. The molecule has 118 valence electrons. The maximum absolute atomic E-state index is 6.01. The van der Waals surface area contributed by atoms with Crippen molar-refractivity contribution in [1.82, 2.24) is 5.32 Å². The van der Waals surface area contributed by atoms with Crippen molar-refractivity contribution in [3.8, 4) is 11.5 Å². The van der Waals surface area contributed by atoms with Crippen LogP contribution in [-0.2, 0) is 6.54 Å². The quantitative estimate of drug-likeness (QED) is 0.621. The van der Waals surface area contributed by atoms with Gasteiger partial charge >= 0.3 is 0 Å². The Morgan fingerprint density at radius 1 is 1.19 bits per heavy atom. The predicted octanol–water partition coefficient (Wildman–Crippen LogP) is 4.15. The summed E-state index contributed by atoms with van der Waals surface area (Å²) in [6.45, 7) is 4.98. The Morgan fingerprint density at radius 2 is 2.05 bits per heavy atom. The van der Waals surface area contributed by atoms with Gasteiger partial charge in [-0.15, -0.1) is 0 Å². The predicted molar refractivity (Wildman–Crippen MR) is 87.1 cm³/mol. The van der Waals surface area contributed by atoms with Crippen molar-refractivity contribution in [2.75, 3.05) is 20.3 Å². The molecular formula is C18H29NO2. The molecule has 1 saturated carbocycles. The van der Waals surface area contributed by atoms with Crippen LogP contribution in [0.4, 0.5) is 0 Å². The number of methoxy groups -OCH3 is 1. The molecule has 0 radical (unpaired) electrons. The lowest BCUT2D eigenvalue weighted by atomic mass is 10.1. The van der Waals surface area contributed by atoms with E-state index in [1.165, 1.54) is 37.7 Å². The van der Waals surface area contributed by atoms with Crippen molar-refractivity contribution in [3.63, 3.8) is 0 Å². The average molecular weight is 291 g/mol. The van der Waals surface area contributed by atoms with E-state index in [0.29, 0.717) is 0 Å². The molecule has 1 aromatic carbocycles. The minimum Gasteiger partial charge on any atom is -0.493 e. The average Bonchev–Trinajstić information content (AvgIpc) is 3.32. The molecule has 21 heavy (non-hydrogen) atoms. The van der Waals surface area contributed by atoms with Gasteiger partial charge in [0.25, 0.3) is 0 Å². The molecule has 0 bridgehead atoms. The van der Waals surface area contributed by atoms with E-state index >= 15 is 0 Å². The van der Waals surface area contributed by atoms with Gasteiger partial charge in [-0.05, 0) is 37.8 Å². The lowest BCUT2D eigenvalue weighted by molar-refractivity contribution is 0.281. The summed E-state index contributed by atoms with van der Waals surface area (Å²) in [5.41, 5.74) is 1.20. The van der Waals surface area contributed by atoms with Gasteiger partial charge in [0.2, 0.25) is 0 Å². The fourth-order valence-corrected chi connectivity index (χ4v) is 2.46. The Kier molecular flexibility index (Phi) is 6.87. The summed E-state index contributed by atoms with van der Waals surface area (Å²) < 4.78 is 11.5. The number of hydrogen-bond acceptors (Lipinski definition) is 3. The topological polar surface area (TPSA) is 30.5 Å². The number of unbranched alkanes of at least 4 members (excludes halogenated alkanes) is 3. The van der Waals surface area contributed by atoms with Crippen molar-refractivity contribution in [1.29, 1.82) is 0 Å². The van der Waals surface area contributed by atoms with Gasteiger partial charge in [-0.1, -0.05) is 38.3 Å². The number of nitrogens with one attached hydrogen (secondary N) is 1. The van der Waals surface area contributed by atoms with Crippen LogP contribution in [0.3, 0.4) is 0 Å². The van der Waals surface area contributed by atoms with Crippen LogP contribution in [0, 0.1) is 5.92 Å². The monoisotopic (exact) mass is 291 g/mol. The Hall–Kier alpha value is -1.22. The first kappa shape index (κ1) is 16.2. The number of ether oxygens (including phenoxy) is 2. The smallest absolute Gasteiger partial charge is 0.165 e. The normalized spacial score (nSPS) is 14.2. The minimum absolute atomic E-state index is 0.774. The van der Waals surface area contributed by atoms with Crippen LogP contribution in [0.5, 0.6) is 11.5 Å². The largest absolute Gasteiger partial charge is 0.493 e. The summed E-state index contributed by atoms with van der Waals surface area (Å²) in [5, 5.41) is 3.53. The Labute approximate surface area is 129 Å². The van der Waals surface area contributed by atoms with Crippen molar-refractivity contribution in [2.24, 2.45) is 5.92 Å². The third-order valence-electron chi connectivity index (χ3n) is 3.97. The van der Waals surface area contributed by atoms with Crippen LogP contribution in [0.1, 0.15) is 51.0 Å². The second-order valence-corrected chi connectivity index (χ2v) is 5.93. The highest BCUT2D eigenvalue weighted by Crippen LogP contribution is 2.32. The van der Waals surface area contributed by atoms with Crippen molar-refractivity contribution in [2.45, 2.75) is 52.0 Å². The molecule has 0 saturated heterocycles. The summed E-state index contributed by atoms with van der Waals surface area (Å²) in [5.74, 6) is 2.66. The van der Waals surface area contributed by atoms with E-state index in [4.69, 9.17) is 9.47 Å². The molecule has 0 atom stereocenters. The summed E-state index contributed by atoms with van der Waals surface area (Å²) >= 11 is 0. The van der Waals surface area contributed by atoms with Crippen LogP contribution >= 0.6 is 0 Å². The van der Waals surface area contributed by atoms with E-state index in [1.54, 1.807) is 7.11 Å². The number of benzene rings is 1. The van der Waals surface area contributed by atoms with Gasteiger partial charge in [0.15, 0.2) is 11.5 Å². The zero-order chi connectivity index (χ0) is 14.9. The SMILES string of the molecule is CCCCCCOc1c(CNCC2CC2)cccc1OC. The highest BCUT2D eigenvalue weighted by atomic mass is 16.5. The molecule has 3 heteroatoms. The highest BCUT2D eigenvalue weighted by Gasteiger charge is 2.20. The van der Waals surface area contributed by atoms with Crippen LogP contribution in [0.25, 0.3) is 0 Å². The second-order valence-electron chi connectivity index (χ2n) is 5.93. The van der Waals surface area contributed by atoms with Crippen LogP contribution in [0.2, 0.25) is 0 Å². The van der Waals surface area contributed by atoms with Gasteiger partial charge in [-0.3, -0.25) is 0 Å². The molecule has 1 aliphatic carbocycles. The molecular weight excluding hydrogens is 262 g/mol. The first-order valence-corrected chi connectivity index (χ1v) is 8.34. The fraction of sp³-hybridized carbons (Fsp3) is 0.667. The van der Waals surface area contributed by atoms with Gasteiger partial charge in [0.05, 0.1) is 13.7 Å². The van der Waals surface area contributed by atoms with Crippen molar-refractivity contribution >= 4 is 0 Å². The number of hydrogen-bond donors (Lipinski definition) is 1. The van der Waals surface area contributed by atoms with E-state index < -0.39 is 0 Å². The van der Waals surface area contributed by atoms with Crippen LogP contribution < -0.4 is 14.8 Å². The molecule has 2 rings (SSSR count). The van der Waals surface area contributed by atoms with Crippen LogP contribution in [0.15, 0.2) is 18.2 Å².